The minimum atomic E-state index is -1.10. The fourth-order valence-electron chi connectivity index (χ4n) is 2.01. The molecule has 2 rings (SSSR count). The predicted molar refractivity (Wildman–Crippen MR) is 54.2 cm³/mol. The fourth-order valence-corrected chi connectivity index (χ4v) is 2.01. The van der Waals surface area contributed by atoms with Gasteiger partial charge in [0.05, 0.1) is 22.5 Å². The molecule has 6 heteroatoms. The first-order chi connectivity index (χ1) is 8.00. The minimum absolute atomic E-state index is 0.0747. The Balaban J connectivity index is 2.55. The van der Waals surface area contributed by atoms with E-state index in [1.54, 1.807) is 0 Å². The number of hydrogen-bond donors (Lipinski definition) is 0. The number of nitriles is 1. The van der Waals surface area contributed by atoms with Crippen molar-refractivity contribution in [2.45, 2.75) is 24.7 Å². The predicted octanol–water partition coefficient (Wildman–Crippen LogP) is 2.82. The van der Waals surface area contributed by atoms with Crippen molar-refractivity contribution in [2.24, 2.45) is 0 Å². The number of benzene rings is 1. The maximum atomic E-state index is 13.7. The summed E-state index contributed by atoms with van der Waals surface area (Å²) in [5.74, 6) is -1.99. The average Bonchev–Trinajstić information content (AvgIpc) is 2.21. The van der Waals surface area contributed by atoms with Gasteiger partial charge in [-0.05, 0) is 25.3 Å². The van der Waals surface area contributed by atoms with Crippen LogP contribution in [0.1, 0.15) is 24.8 Å². The summed E-state index contributed by atoms with van der Waals surface area (Å²) in [6.07, 6.45) is 1.68. The summed E-state index contributed by atoms with van der Waals surface area (Å²) < 4.78 is 27.1. The van der Waals surface area contributed by atoms with E-state index in [4.69, 9.17) is 5.26 Å². The smallest absolute Gasteiger partial charge is 0.258 e. The van der Waals surface area contributed by atoms with Crippen molar-refractivity contribution in [3.8, 4) is 6.07 Å². The van der Waals surface area contributed by atoms with E-state index in [2.05, 4.69) is 0 Å². The van der Waals surface area contributed by atoms with Crippen molar-refractivity contribution >= 4 is 5.69 Å². The van der Waals surface area contributed by atoms with Crippen molar-refractivity contribution in [2.75, 3.05) is 0 Å². The van der Waals surface area contributed by atoms with Crippen LogP contribution < -0.4 is 0 Å². The van der Waals surface area contributed by atoms with Crippen molar-refractivity contribution in [1.29, 1.82) is 5.26 Å². The summed E-state index contributed by atoms with van der Waals surface area (Å²) in [6, 6.07) is 3.29. The Labute approximate surface area is 95.6 Å². The normalized spacial score (nSPS) is 17.0. The first kappa shape index (κ1) is 11.5. The van der Waals surface area contributed by atoms with Crippen LogP contribution in [0, 0.1) is 33.1 Å². The summed E-state index contributed by atoms with van der Waals surface area (Å²) in [5, 5.41) is 19.4. The molecule has 0 radical (unpaired) electrons. The highest BCUT2D eigenvalue weighted by Gasteiger charge is 2.42. The number of halogens is 2. The molecule has 0 bridgehead atoms. The fraction of sp³-hybridized carbons (Fsp3) is 0.364. The number of hydrogen-bond acceptors (Lipinski definition) is 3. The van der Waals surface area contributed by atoms with Crippen LogP contribution in [0.15, 0.2) is 12.1 Å². The third kappa shape index (κ3) is 1.64. The molecule has 1 aromatic carbocycles. The molecule has 0 saturated heterocycles. The molecule has 0 atom stereocenters. The van der Waals surface area contributed by atoms with Gasteiger partial charge in [0.1, 0.15) is 5.82 Å². The molecule has 0 heterocycles. The van der Waals surface area contributed by atoms with E-state index in [9.17, 15) is 18.9 Å². The Morgan fingerprint density at radius 1 is 1.35 bits per heavy atom. The van der Waals surface area contributed by atoms with Crippen molar-refractivity contribution < 1.29 is 13.7 Å². The van der Waals surface area contributed by atoms with Crippen LogP contribution in [-0.4, -0.2) is 4.92 Å². The third-order valence-corrected chi connectivity index (χ3v) is 3.17. The third-order valence-electron chi connectivity index (χ3n) is 3.17. The number of nitrogens with zero attached hydrogens (tertiary/aromatic N) is 2. The minimum Gasteiger partial charge on any atom is -0.258 e. The lowest BCUT2D eigenvalue weighted by atomic mass is 9.65. The molecule has 1 aromatic rings. The number of nitro groups is 1. The van der Waals surface area contributed by atoms with Gasteiger partial charge < -0.3 is 0 Å². The van der Waals surface area contributed by atoms with Gasteiger partial charge in [0.15, 0.2) is 0 Å². The molecular formula is C11H8F2N2O2. The second-order valence-electron chi connectivity index (χ2n) is 4.09. The highest BCUT2D eigenvalue weighted by atomic mass is 19.1. The largest absolute Gasteiger partial charge is 0.307 e. The monoisotopic (exact) mass is 238 g/mol. The van der Waals surface area contributed by atoms with Gasteiger partial charge in [-0.2, -0.15) is 9.65 Å². The van der Waals surface area contributed by atoms with Crippen LogP contribution in [0.2, 0.25) is 0 Å². The Kier molecular flexibility index (Phi) is 2.54. The quantitative estimate of drug-likeness (QED) is 0.587. The lowest BCUT2D eigenvalue weighted by Gasteiger charge is -2.35. The Hall–Kier alpha value is -2.03. The summed E-state index contributed by atoms with van der Waals surface area (Å²) in [4.78, 5) is 9.44. The van der Waals surface area contributed by atoms with Crippen molar-refractivity contribution in [3.05, 3.63) is 39.4 Å². The van der Waals surface area contributed by atoms with Gasteiger partial charge in [-0.1, -0.05) is 0 Å². The molecule has 0 aromatic heterocycles. The van der Waals surface area contributed by atoms with Crippen LogP contribution in [0.25, 0.3) is 0 Å². The molecular weight excluding hydrogens is 230 g/mol. The Morgan fingerprint density at radius 3 is 2.41 bits per heavy atom. The molecule has 1 saturated carbocycles. The van der Waals surface area contributed by atoms with E-state index < -0.39 is 27.7 Å². The molecule has 1 fully saturated rings. The zero-order valence-corrected chi connectivity index (χ0v) is 8.74. The van der Waals surface area contributed by atoms with E-state index >= 15 is 0 Å². The van der Waals surface area contributed by atoms with E-state index in [0.29, 0.717) is 18.9 Å². The first-order valence-electron chi connectivity index (χ1n) is 5.05. The molecule has 1 aliphatic rings. The summed E-state index contributed by atoms with van der Waals surface area (Å²) in [6.45, 7) is 0. The zero-order valence-electron chi connectivity index (χ0n) is 8.74. The second-order valence-corrected chi connectivity index (χ2v) is 4.09. The average molecular weight is 238 g/mol. The van der Waals surface area contributed by atoms with Gasteiger partial charge in [-0.3, -0.25) is 10.1 Å². The van der Waals surface area contributed by atoms with Crippen LogP contribution in [0.3, 0.4) is 0 Å². The Bertz CT molecular complexity index is 533. The SMILES string of the molecule is N#CC1(c2cc(F)c([N+](=O)[O-])cc2F)CCC1. The first-order valence-corrected chi connectivity index (χ1v) is 5.05. The van der Waals surface area contributed by atoms with Crippen LogP contribution in [0.5, 0.6) is 0 Å². The molecule has 88 valence electrons. The van der Waals surface area contributed by atoms with Crippen molar-refractivity contribution in [3.63, 3.8) is 0 Å². The van der Waals surface area contributed by atoms with Gasteiger partial charge in [-0.15, -0.1) is 0 Å². The molecule has 4 nitrogen and oxygen atoms in total. The standard InChI is InChI=1S/C11H8F2N2O2/c12-8-5-10(15(16)17)9(13)4-7(8)11(6-14)2-1-3-11/h4-5H,1-3H2. The maximum Gasteiger partial charge on any atom is 0.307 e. The van der Waals surface area contributed by atoms with E-state index in [0.717, 1.165) is 12.5 Å². The van der Waals surface area contributed by atoms with Crippen molar-refractivity contribution in [1.82, 2.24) is 0 Å². The summed E-state index contributed by atoms with van der Waals surface area (Å²) in [7, 11) is 0. The van der Waals surface area contributed by atoms with Gasteiger partial charge in [-0.25, -0.2) is 4.39 Å². The van der Waals surface area contributed by atoms with E-state index in [1.807, 2.05) is 6.07 Å². The molecule has 0 aliphatic heterocycles. The van der Waals surface area contributed by atoms with Crippen LogP contribution in [0.4, 0.5) is 14.5 Å². The number of nitro benzene ring substituents is 1. The van der Waals surface area contributed by atoms with E-state index in [1.165, 1.54) is 0 Å². The highest BCUT2D eigenvalue weighted by Crippen LogP contribution is 2.45. The lowest BCUT2D eigenvalue weighted by molar-refractivity contribution is -0.387. The lowest BCUT2D eigenvalue weighted by Crippen LogP contribution is -2.33. The van der Waals surface area contributed by atoms with E-state index in [-0.39, 0.29) is 5.56 Å². The summed E-state index contributed by atoms with van der Waals surface area (Å²) >= 11 is 0. The topological polar surface area (TPSA) is 66.9 Å². The molecule has 0 N–H and O–H groups in total. The Morgan fingerprint density at radius 2 is 2.00 bits per heavy atom. The number of rotatable bonds is 2. The zero-order chi connectivity index (χ0) is 12.6. The highest BCUT2D eigenvalue weighted by molar-refractivity contribution is 5.43. The van der Waals surface area contributed by atoms with Crippen LogP contribution >= 0.6 is 0 Å². The second kappa shape index (κ2) is 3.77. The van der Waals surface area contributed by atoms with Crippen LogP contribution in [-0.2, 0) is 5.41 Å². The van der Waals surface area contributed by atoms with Gasteiger partial charge in [0, 0.05) is 5.56 Å². The van der Waals surface area contributed by atoms with Gasteiger partial charge >= 0.3 is 5.69 Å². The molecule has 0 unspecified atom stereocenters. The molecule has 0 spiro atoms. The maximum absolute atomic E-state index is 13.7. The van der Waals surface area contributed by atoms with Gasteiger partial charge in [0.25, 0.3) is 0 Å². The summed E-state index contributed by atoms with van der Waals surface area (Å²) in [5.41, 5.74) is -1.99. The molecule has 1 aliphatic carbocycles. The van der Waals surface area contributed by atoms with Gasteiger partial charge in [0.2, 0.25) is 5.82 Å². The molecule has 17 heavy (non-hydrogen) atoms. The molecule has 0 amide bonds.